The first-order valence-corrected chi connectivity index (χ1v) is 5.59. The molecule has 0 saturated carbocycles. The average molecular weight is 250 g/mol. The van der Waals surface area contributed by atoms with Crippen molar-refractivity contribution >= 4 is 28.3 Å². The van der Waals surface area contributed by atoms with Gasteiger partial charge in [-0.2, -0.15) is 0 Å². The molecule has 0 aliphatic rings. The van der Waals surface area contributed by atoms with Crippen molar-refractivity contribution in [3.8, 4) is 0 Å². The van der Waals surface area contributed by atoms with E-state index in [1.165, 1.54) is 11.3 Å². The number of rotatable bonds is 2. The summed E-state index contributed by atoms with van der Waals surface area (Å²) in [6, 6.07) is 1.56. The van der Waals surface area contributed by atoms with Gasteiger partial charge in [-0.3, -0.25) is 10.1 Å². The fourth-order valence-corrected chi connectivity index (χ4v) is 1.80. The van der Waals surface area contributed by atoms with Crippen LogP contribution in [0.25, 0.3) is 0 Å². The molecule has 88 valence electrons. The van der Waals surface area contributed by atoms with Gasteiger partial charge in [-0.15, -0.1) is 10.2 Å². The monoisotopic (exact) mass is 250 g/mol. The van der Waals surface area contributed by atoms with Gasteiger partial charge in [-0.25, -0.2) is 9.97 Å². The lowest BCUT2D eigenvalue weighted by Gasteiger charge is -2.02. The molecule has 7 nitrogen and oxygen atoms in total. The summed E-state index contributed by atoms with van der Waals surface area (Å²) >= 11 is 1.29. The maximum Gasteiger partial charge on any atom is 0.276 e. The number of aromatic nitrogens is 4. The smallest absolute Gasteiger partial charge is 0.276 e. The van der Waals surface area contributed by atoms with Crippen LogP contribution >= 0.6 is 11.3 Å². The van der Waals surface area contributed by atoms with Gasteiger partial charge >= 0.3 is 0 Å². The number of nitrogens with two attached hydrogens (primary N) is 1. The largest absolute Gasteiger partial charge is 0.368 e. The van der Waals surface area contributed by atoms with Crippen LogP contribution in [0.1, 0.15) is 21.2 Å². The second-order valence-electron chi connectivity index (χ2n) is 3.33. The Hall–Kier alpha value is -2.09. The highest BCUT2D eigenvalue weighted by Gasteiger charge is 2.11. The van der Waals surface area contributed by atoms with E-state index in [1.54, 1.807) is 19.9 Å². The number of nitrogen functional groups attached to an aromatic ring is 1. The highest BCUT2D eigenvalue weighted by atomic mass is 32.1. The summed E-state index contributed by atoms with van der Waals surface area (Å²) in [6.07, 6.45) is 0. The third-order valence-electron chi connectivity index (χ3n) is 1.85. The molecule has 0 spiro atoms. The zero-order valence-electron chi connectivity index (χ0n) is 9.26. The minimum Gasteiger partial charge on any atom is -0.368 e. The van der Waals surface area contributed by atoms with Crippen LogP contribution in [0.2, 0.25) is 0 Å². The molecule has 17 heavy (non-hydrogen) atoms. The number of carbonyl (C=O) groups excluding carboxylic acids is 1. The quantitative estimate of drug-likeness (QED) is 0.815. The number of amides is 1. The Morgan fingerprint density at radius 2 is 2.12 bits per heavy atom. The van der Waals surface area contributed by atoms with Crippen molar-refractivity contribution in [1.29, 1.82) is 0 Å². The Balaban J connectivity index is 2.19. The number of carbonyl (C=O) groups is 1. The number of aryl methyl sites for hydroxylation is 2. The lowest BCUT2D eigenvalue weighted by atomic mass is 10.3. The van der Waals surface area contributed by atoms with Gasteiger partial charge in [0.15, 0.2) is 0 Å². The number of nitrogens with zero attached hydrogens (tertiary/aromatic N) is 4. The van der Waals surface area contributed by atoms with E-state index in [-0.39, 0.29) is 17.5 Å². The number of nitrogens with one attached hydrogen (secondary N) is 1. The predicted octanol–water partition coefficient (Wildman–Crippen LogP) is 0.779. The number of hydrogen-bond donors (Lipinski definition) is 2. The van der Waals surface area contributed by atoms with E-state index < -0.39 is 0 Å². The molecule has 3 N–H and O–H groups in total. The standard InChI is InChI=1S/C9H10N6OS/c1-4-3-6(12-8(10)11-4)7(16)13-9-15-14-5(2)17-9/h3H,1-2H3,(H2,10,11,12)(H,13,15,16). The van der Waals surface area contributed by atoms with Crippen LogP contribution < -0.4 is 11.1 Å². The number of hydrogen-bond acceptors (Lipinski definition) is 7. The van der Waals surface area contributed by atoms with Crippen molar-refractivity contribution in [2.75, 3.05) is 11.1 Å². The molecule has 0 aliphatic heterocycles. The Morgan fingerprint density at radius 3 is 2.71 bits per heavy atom. The van der Waals surface area contributed by atoms with Crippen molar-refractivity contribution in [1.82, 2.24) is 20.2 Å². The Kier molecular flexibility index (Phi) is 2.96. The van der Waals surface area contributed by atoms with Crippen LogP contribution in [-0.4, -0.2) is 26.1 Å². The molecule has 0 bridgehead atoms. The van der Waals surface area contributed by atoms with Crippen molar-refractivity contribution < 1.29 is 4.79 Å². The Labute approximate surface area is 101 Å². The SMILES string of the molecule is Cc1cc(C(=O)Nc2nnc(C)s2)nc(N)n1. The molecular formula is C9H10N6OS. The third kappa shape index (κ3) is 2.72. The lowest BCUT2D eigenvalue weighted by Crippen LogP contribution is -2.15. The van der Waals surface area contributed by atoms with Crippen molar-refractivity contribution in [3.05, 3.63) is 22.5 Å². The van der Waals surface area contributed by atoms with Crippen LogP contribution in [0.15, 0.2) is 6.07 Å². The minimum absolute atomic E-state index is 0.0728. The average Bonchev–Trinajstić information content (AvgIpc) is 2.62. The summed E-state index contributed by atoms with van der Waals surface area (Å²) in [5, 5.41) is 11.4. The van der Waals surface area contributed by atoms with E-state index in [1.807, 2.05) is 0 Å². The first-order valence-electron chi connectivity index (χ1n) is 4.77. The summed E-state index contributed by atoms with van der Waals surface area (Å²) in [5.41, 5.74) is 6.31. The van der Waals surface area contributed by atoms with Gasteiger partial charge in [0, 0.05) is 5.69 Å². The first kappa shape index (κ1) is 11.4. The van der Waals surface area contributed by atoms with Gasteiger partial charge in [0.2, 0.25) is 11.1 Å². The first-order chi connectivity index (χ1) is 8.04. The molecule has 0 radical (unpaired) electrons. The van der Waals surface area contributed by atoms with Crippen LogP contribution in [0.4, 0.5) is 11.1 Å². The lowest BCUT2D eigenvalue weighted by molar-refractivity contribution is 0.102. The normalized spacial score (nSPS) is 10.2. The van der Waals surface area contributed by atoms with E-state index in [4.69, 9.17) is 5.73 Å². The van der Waals surface area contributed by atoms with Gasteiger partial charge in [0.05, 0.1) is 0 Å². The number of anilines is 2. The molecular weight excluding hydrogens is 240 g/mol. The molecule has 2 aromatic heterocycles. The van der Waals surface area contributed by atoms with Crippen molar-refractivity contribution in [2.24, 2.45) is 0 Å². The van der Waals surface area contributed by atoms with Gasteiger partial charge in [-0.05, 0) is 19.9 Å². The van der Waals surface area contributed by atoms with E-state index in [2.05, 4.69) is 25.5 Å². The Bertz CT molecular complexity index is 546. The molecule has 0 fully saturated rings. The minimum atomic E-state index is -0.377. The van der Waals surface area contributed by atoms with E-state index in [9.17, 15) is 4.79 Å². The van der Waals surface area contributed by atoms with Crippen molar-refractivity contribution in [3.63, 3.8) is 0 Å². The highest BCUT2D eigenvalue weighted by molar-refractivity contribution is 7.15. The molecule has 0 aromatic carbocycles. The van der Waals surface area contributed by atoms with Crippen LogP contribution in [0.3, 0.4) is 0 Å². The zero-order valence-corrected chi connectivity index (χ0v) is 10.1. The molecule has 2 aromatic rings. The summed E-state index contributed by atoms with van der Waals surface area (Å²) in [6.45, 7) is 3.55. The molecule has 0 saturated heterocycles. The summed E-state index contributed by atoms with van der Waals surface area (Å²) in [5.74, 6) is -0.304. The Morgan fingerprint density at radius 1 is 1.35 bits per heavy atom. The molecule has 0 atom stereocenters. The molecule has 2 rings (SSSR count). The predicted molar refractivity (Wildman–Crippen MR) is 63.8 cm³/mol. The fraction of sp³-hybridized carbons (Fsp3) is 0.222. The van der Waals surface area contributed by atoms with Gasteiger partial charge in [0.1, 0.15) is 10.7 Å². The summed E-state index contributed by atoms with van der Waals surface area (Å²) in [4.78, 5) is 19.5. The second-order valence-corrected chi connectivity index (χ2v) is 4.51. The maximum absolute atomic E-state index is 11.8. The topological polar surface area (TPSA) is 107 Å². The third-order valence-corrected chi connectivity index (χ3v) is 2.60. The summed E-state index contributed by atoms with van der Waals surface area (Å²) < 4.78 is 0. The van der Waals surface area contributed by atoms with Gasteiger partial charge < -0.3 is 5.73 Å². The molecule has 2 heterocycles. The zero-order chi connectivity index (χ0) is 12.4. The molecule has 0 aliphatic carbocycles. The van der Waals surface area contributed by atoms with Gasteiger partial charge in [-0.1, -0.05) is 11.3 Å². The molecule has 1 amide bonds. The van der Waals surface area contributed by atoms with Crippen molar-refractivity contribution in [2.45, 2.75) is 13.8 Å². The maximum atomic E-state index is 11.8. The van der Waals surface area contributed by atoms with Gasteiger partial charge in [0.25, 0.3) is 5.91 Å². The van der Waals surface area contributed by atoms with E-state index in [0.717, 1.165) is 5.01 Å². The van der Waals surface area contributed by atoms with Crippen LogP contribution in [-0.2, 0) is 0 Å². The van der Waals surface area contributed by atoms with Crippen LogP contribution in [0.5, 0.6) is 0 Å². The summed E-state index contributed by atoms with van der Waals surface area (Å²) in [7, 11) is 0. The molecule has 0 unspecified atom stereocenters. The van der Waals surface area contributed by atoms with E-state index >= 15 is 0 Å². The molecule has 8 heteroatoms. The highest BCUT2D eigenvalue weighted by Crippen LogP contribution is 2.14. The van der Waals surface area contributed by atoms with E-state index in [0.29, 0.717) is 10.8 Å². The fourth-order valence-electron chi connectivity index (χ4n) is 1.22. The van der Waals surface area contributed by atoms with Crippen LogP contribution in [0, 0.1) is 13.8 Å². The second kappa shape index (κ2) is 4.42.